The summed E-state index contributed by atoms with van der Waals surface area (Å²) in [5, 5.41) is 0. The minimum atomic E-state index is 0.238. The summed E-state index contributed by atoms with van der Waals surface area (Å²) in [6, 6.07) is 0. The molecule has 0 aliphatic carbocycles. The molecule has 46 valence electrons. The molecule has 0 aromatic carbocycles. The standard InChI is InChI=1S/C4H10Ge2O2/c1-3(7-5)4(2)8-6/h3-6H,1-2H3. The zero-order valence-corrected chi connectivity index (χ0v) is 9.97. The summed E-state index contributed by atoms with van der Waals surface area (Å²) in [5.41, 5.74) is 0. The van der Waals surface area contributed by atoms with Crippen LogP contribution in [0.5, 0.6) is 0 Å². The Morgan fingerprint density at radius 3 is 1.38 bits per heavy atom. The molecule has 0 aliphatic heterocycles. The Morgan fingerprint density at radius 1 is 1.00 bits per heavy atom. The Kier molecular flexibility index (Phi) is 5.45. The molecule has 0 aliphatic rings. The molecule has 0 aromatic rings. The van der Waals surface area contributed by atoms with Gasteiger partial charge in [-0.25, -0.2) is 0 Å². The summed E-state index contributed by atoms with van der Waals surface area (Å²) in [4.78, 5) is 0. The van der Waals surface area contributed by atoms with Crippen molar-refractivity contribution < 1.29 is 7.53 Å². The van der Waals surface area contributed by atoms with Gasteiger partial charge in [-0.2, -0.15) is 0 Å². The second-order valence-corrected chi connectivity index (χ2v) is 2.82. The van der Waals surface area contributed by atoms with E-state index < -0.39 is 0 Å². The zero-order valence-electron chi connectivity index (χ0n) is 5.13. The van der Waals surface area contributed by atoms with Crippen molar-refractivity contribution in [1.82, 2.24) is 0 Å². The van der Waals surface area contributed by atoms with Crippen LogP contribution < -0.4 is 0 Å². The maximum atomic E-state index is 5.05. The summed E-state index contributed by atoms with van der Waals surface area (Å²) in [6.45, 7) is 4.01. The van der Waals surface area contributed by atoms with Gasteiger partial charge in [-0.15, -0.1) is 0 Å². The molecule has 2 unspecified atom stereocenters. The monoisotopic (exact) mass is 238 g/mol. The Hall–Kier alpha value is 1.01. The summed E-state index contributed by atoms with van der Waals surface area (Å²) in [6.07, 6.45) is 0.476. The van der Waals surface area contributed by atoms with Crippen LogP contribution in [0, 0.1) is 0 Å². The predicted molar refractivity (Wildman–Crippen MR) is 35.4 cm³/mol. The molecule has 0 rings (SSSR count). The van der Waals surface area contributed by atoms with Gasteiger partial charge < -0.3 is 0 Å². The van der Waals surface area contributed by atoms with Gasteiger partial charge in [-0.05, 0) is 0 Å². The van der Waals surface area contributed by atoms with Crippen molar-refractivity contribution in [3.63, 3.8) is 0 Å². The molecule has 0 heterocycles. The zero-order chi connectivity index (χ0) is 6.57. The summed E-state index contributed by atoms with van der Waals surface area (Å²) < 4.78 is 10.1. The molecular formula is C4H10Ge2O2. The number of rotatable bonds is 3. The molecule has 0 amide bonds. The van der Waals surface area contributed by atoms with Crippen molar-refractivity contribution in [2.24, 2.45) is 0 Å². The van der Waals surface area contributed by atoms with Gasteiger partial charge in [0, 0.05) is 0 Å². The third-order valence-corrected chi connectivity index (χ3v) is 2.89. The number of hydrogen-bond donors (Lipinski definition) is 0. The van der Waals surface area contributed by atoms with Crippen LogP contribution in [0.25, 0.3) is 0 Å². The van der Waals surface area contributed by atoms with Crippen LogP contribution in [0.3, 0.4) is 0 Å². The van der Waals surface area contributed by atoms with E-state index in [0.717, 1.165) is 0 Å². The quantitative estimate of drug-likeness (QED) is 0.610. The SMILES string of the molecule is CC([O][GeH])C(C)[O][GeH]. The van der Waals surface area contributed by atoms with E-state index in [0.29, 0.717) is 0 Å². The van der Waals surface area contributed by atoms with Gasteiger partial charge >= 0.3 is 67.3 Å². The molecule has 8 heavy (non-hydrogen) atoms. The van der Waals surface area contributed by atoms with Gasteiger partial charge in [0.1, 0.15) is 0 Å². The van der Waals surface area contributed by atoms with Crippen molar-refractivity contribution in [1.29, 1.82) is 0 Å². The van der Waals surface area contributed by atoms with Crippen molar-refractivity contribution in [2.45, 2.75) is 26.1 Å². The van der Waals surface area contributed by atoms with Crippen LogP contribution in [0.15, 0.2) is 0 Å². The second kappa shape index (κ2) is 4.84. The van der Waals surface area contributed by atoms with E-state index in [-0.39, 0.29) is 12.2 Å². The molecule has 0 saturated carbocycles. The fourth-order valence-electron chi connectivity index (χ4n) is 0.221. The minimum absolute atomic E-state index is 0.238. The van der Waals surface area contributed by atoms with Crippen LogP contribution >= 0.6 is 0 Å². The normalized spacial score (nSPS) is 18.0. The fourth-order valence-corrected chi connectivity index (χ4v) is 1.15. The summed E-state index contributed by atoms with van der Waals surface area (Å²) >= 11 is 2.58. The third kappa shape index (κ3) is 3.12. The van der Waals surface area contributed by atoms with E-state index in [1.165, 1.54) is 33.7 Å². The molecule has 0 spiro atoms. The van der Waals surface area contributed by atoms with Crippen LogP contribution in [0.2, 0.25) is 0 Å². The molecular weight excluding hydrogens is 225 g/mol. The Labute approximate surface area is 67.4 Å². The average molecular weight is 235 g/mol. The Balaban J connectivity index is 3.29. The first-order valence-electron chi connectivity index (χ1n) is 2.43. The summed E-state index contributed by atoms with van der Waals surface area (Å²) in [5.74, 6) is 0. The van der Waals surface area contributed by atoms with Crippen LogP contribution in [-0.2, 0) is 7.53 Å². The topological polar surface area (TPSA) is 18.5 Å². The van der Waals surface area contributed by atoms with Crippen molar-refractivity contribution in [2.75, 3.05) is 0 Å². The predicted octanol–water partition coefficient (Wildman–Crippen LogP) is -0.572. The molecule has 2 atom stereocenters. The fraction of sp³-hybridized carbons (Fsp3) is 1.00. The molecule has 0 bridgehead atoms. The molecule has 0 aromatic heterocycles. The molecule has 4 radical (unpaired) electrons. The average Bonchev–Trinajstić information content (AvgIpc) is 1.84. The van der Waals surface area contributed by atoms with E-state index in [4.69, 9.17) is 7.53 Å². The summed E-state index contributed by atoms with van der Waals surface area (Å²) in [7, 11) is 0. The molecule has 4 heteroatoms. The van der Waals surface area contributed by atoms with Gasteiger partial charge in [0.25, 0.3) is 0 Å². The van der Waals surface area contributed by atoms with Gasteiger partial charge in [0.15, 0.2) is 0 Å². The second-order valence-electron chi connectivity index (χ2n) is 1.68. The van der Waals surface area contributed by atoms with Gasteiger partial charge in [0.2, 0.25) is 0 Å². The molecule has 2 nitrogen and oxygen atoms in total. The van der Waals surface area contributed by atoms with E-state index in [9.17, 15) is 0 Å². The Morgan fingerprint density at radius 2 is 1.25 bits per heavy atom. The molecule has 0 fully saturated rings. The number of hydrogen-bond acceptors (Lipinski definition) is 2. The Bertz CT molecular complexity index is 52.0. The first-order chi connectivity index (χ1) is 3.72. The van der Waals surface area contributed by atoms with Crippen LogP contribution in [0.4, 0.5) is 0 Å². The van der Waals surface area contributed by atoms with E-state index in [1.54, 1.807) is 0 Å². The molecule has 0 N–H and O–H groups in total. The van der Waals surface area contributed by atoms with Crippen molar-refractivity contribution >= 4 is 33.7 Å². The van der Waals surface area contributed by atoms with Crippen LogP contribution in [-0.4, -0.2) is 45.9 Å². The third-order valence-electron chi connectivity index (χ3n) is 1.09. The van der Waals surface area contributed by atoms with Gasteiger partial charge in [-0.3, -0.25) is 0 Å². The van der Waals surface area contributed by atoms with E-state index >= 15 is 0 Å². The first kappa shape index (κ1) is 9.01. The van der Waals surface area contributed by atoms with E-state index in [1.807, 2.05) is 13.8 Å². The van der Waals surface area contributed by atoms with Crippen molar-refractivity contribution in [3.8, 4) is 0 Å². The van der Waals surface area contributed by atoms with Gasteiger partial charge in [-0.1, -0.05) is 0 Å². The van der Waals surface area contributed by atoms with Crippen LogP contribution in [0.1, 0.15) is 13.8 Å². The van der Waals surface area contributed by atoms with Gasteiger partial charge in [0.05, 0.1) is 0 Å². The first-order valence-corrected chi connectivity index (χ1v) is 4.41. The van der Waals surface area contributed by atoms with Crippen molar-refractivity contribution in [3.05, 3.63) is 0 Å². The molecule has 0 saturated heterocycles. The van der Waals surface area contributed by atoms with E-state index in [2.05, 4.69) is 0 Å². The maximum absolute atomic E-state index is 5.05.